The van der Waals surface area contributed by atoms with Crippen LogP contribution < -0.4 is 5.32 Å². The standard InChI is InChI=1S/C31H27BrF3N/c32-30(20-31(33,34)35,21-36-24-13-5-2-6-14-24)29(18-22-10-3-1-4-11-22)27-17-9-16-26-25-15-8-7-12-23(25)19-28(26)27/h1-17,29,36H,18-21H2. The van der Waals surface area contributed by atoms with Crippen molar-refractivity contribution in [3.8, 4) is 11.1 Å². The molecule has 184 valence electrons. The van der Waals surface area contributed by atoms with Crippen molar-refractivity contribution >= 4 is 21.6 Å². The molecule has 0 aliphatic heterocycles. The van der Waals surface area contributed by atoms with E-state index in [2.05, 4.69) is 39.4 Å². The van der Waals surface area contributed by atoms with Crippen LogP contribution in [0.15, 0.2) is 103 Å². The fraction of sp³-hybridized carbons (Fsp3) is 0.226. The Kier molecular flexibility index (Phi) is 6.94. The zero-order valence-electron chi connectivity index (χ0n) is 19.7. The van der Waals surface area contributed by atoms with Crippen molar-refractivity contribution in [1.82, 2.24) is 0 Å². The average molecular weight is 550 g/mol. The summed E-state index contributed by atoms with van der Waals surface area (Å²) in [7, 11) is 0. The molecule has 0 spiro atoms. The Bertz CT molecular complexity index is 1320. The quantitative estimate of drug-likeness (QED) is 0.191. The molecule has 0 heterocycles. The number of hydrogen-bond acceptors (Lipinski definition) is 1. The molecule has 1 nitrogen and oxygen atoms in total. The SMILES string of the molecule is FC(F)(F)CC(Br)(CNc1ccccc1)C(Cc1ccccc1)c1cccc2c1Cc1ccccc1-2. The summed E-state index contributed by atoms with van der Waals surface area (Å²) in [6.45, 7) is 0.130. The van der Waals surface area contributed by atoms with Gasteiger partial charge in [0.15, 0.2) is 0 Å². The van der Waals surface area contributed by atoms with E-state index >= 15 is 0 Å². The van der Waals surface area contributed by atoms with Gasteiger partial charge >= 0.3 is 6.18 Å². The number of benzene rings is 4. The molecule has 0 aromatic heterocycles. The Morgan fingerprint density at radius 1 is 0.750 bits per heavy atom. The van der Waals surface area contributed by atoms with Crippen LogP contribution in [0.5, 0.6) is 0 Å². The summed E-state index contributed by atoms with van der Waals surface area (Å²) >= 11 is 3.70. The molecule has 0 fully saturated rings. The first-order valence-electron chi connectivity index (χ1n) is 12.1. The van der Waals surface area contributed by atoms with Crippen LogP contribution in [0.3, 0.4) is 0 Å². The van der Waals surface area contributed by atoms with E-state index in [-0.39, 0.29) is 6.54 Å². The molecule has 1 aliphatic carbocycles. The third kappa shape index (κ3) is 5.36. The van der Waals surface area contributed by atoms with Crippen LogP contribution in [0.1, 0.15) is 34.6 Å². The lowest BCUT2D eigenvalue weighted by molar-refractivity contribution is -0.140. The van der Waals surface area contributed by atoms with Crippen molar-refractivity contribution < 1.29 is 13.2 Å². The predicted octanol–water partition coefficient (Wildman–Crippen LogP) is 8.78. The highest BCUT2D eigenvalue weighted by Gasteiger charge is 2.47. The summed E-state index contributed by atoms with van der Waals surface area (Å²) in [6.07, 6.45) is -4.06. The van der Waals surface area contributed by atoms with Crippen LogP contribution in [-0.2, 0) is 12.8 Å². The van der Waals surface area contributed by atoms with Crippen LogP contribution in [0.25, 0.3) is 11.1 Å². The van der Waals surface area contributed by atoms with Gasteiger partial charge in [-0.1, -0.05) is 107 Å². The molecule has 5 rings (SSSR count). The minimum absolute atomic E-state index is 0.130. The van der Waals surface area contributed by atoms with Crippen molar-refractivity contribution in [1.29, 1.82) is 0 Å². The molecular formula is C31H27BrF3N. The number of halogens is 4. The molecule has 2 atom stereocenters. The third-order valence-electron chi connectivity index (χ3n) is 7.02. The number of anilines is 1. The summed E-state index contributed by atoms with van der Waals surface area (Å²) in [5, 5.41) is 3.28. The number of hydrogen-bond donors (Lipinski definition) is 1. The summed E-state index contributed by atoms with van der Waals surface area (Å²) in [5.41, 5.74) is 7.44. The maximum Gasteiger partial charge on any atom is 0.390 e. The van der Waals surface area contributed by atoms with Gasteiger partial charge in [-0.05, 0) is 58.4 Å². The molecule has 1 N–H and O–H groups in total. The molecule has 0 radical (unpaired) electrons. The topological polar surface area (TPSA) is 12.0 Å². The highest BCUT2D eigenvalue weighted by atomic mass is 79.9. The lowest BCUT2D eigenvalue weighted by Crippen LogP contribution is -2.42. The van der Waals surface area contributed by atoms with Gasteiger partial charge in [-0.3, -0.25) is 0 Å². The van der Waals surface area contributed by atoms with E-state index in [1.807, 2.05) is 84.9 Å². The van der Waals surface area contributed by atoms with Gasteiger partial charge in [0.1, 0.15) is 0 Å². The lowest BCUT2D eigenvalue weighted by Gasteiger charge is -2.38. The van der Waals surface area contributed by atoms with Gasteiger partial charge in [0, 0.05) is 18.2 Å². The molecule has 0 saturated heterocycles. The van der Waals surface area contributed by atoms with Crippen molar-refractivity contribution in [2.75, 3.05) is 11.9 Å². The Labute approximate surface area is 218 Å². The van der Waals surface area contributed by atoms with E-state index in [0.29, 0.717) is 6.42 Å². The van der Waals surface area contributed by atoms with Gasteiger partial charge in [-0.15, -0.1) is 0 Å². The first-order valence-corrected chi connectivity index (χ1v) is 12.9. The lowest BCUT2D eigenvalue weighted by atomic mass is 9.76. The molecule has 4 aromatic carbocycles. The molecule has 1 aliphatic rings. The van der Waals surface area contributed by atoms with Gasteiger partial charge in [0.05, 0.1) is 10.7 Å². The van der Waals surface area contributed by atoms with Crippen molar-refractivity contribution in [3.63, 3.8) is 0 Å². The van der Waals surface area contributed by atoms with Crippen molar-refractivity contribution in [2.24, 2.45) is 0 Å². The van der Waals surface area contributed by atoms with E-state index < -0.39 is 22.8 Å². The summed E-state index contributed by atoms with van der Waals surface area (Å²) in [4.78, 5) is 0. The Morgan fingerprint density at radius 2 is 1.39 bits per heavy atom. The zero-order chi connectivity index (χ0) is 25.2. The van der Waals surface area contributed by atoms with E-state index in [0.717, 1.165) is 34.4 Å². The Hall–Kier alpha value is -3.05. The van der Waals surface area contributed by atoms with Crippen LogP contribution in [0, 0.1) is 0 Å². The summed E-state index contributed by atoms with van der Waals surface area (Å²) in [5.74, 6) is -0.415. The number of rotatable bonds is 8. The van der Waals surface area contributed by atoms with Gasteiger partial charge in [0.2, 0.25) is 0 Å². The maximum atomic E-state index is 14.1. The first kappa shape index (κ1) is 24.6. The average Bonchev–Trinajstić information content (AvgIpc) is 3.25. The Balaban J connectivity index is 1.60. The minimum Gasteiger partial charge on any atom is -0.384 e. The second kappa shape index (κ2) is 10.1. The largest absolute Gasteiger partial charge is 0.390 e. The minimum atomic E-state index is -4.34. The van der Waals surface area contributed by atoms with Gasteiger partial charge in [-0.25, -0.2) is 0 Å². The van der Waals surface area contributed by atoms with Crippen molar-refractivity contribution in [2.45, 2.75) is 35.7 Å². The fourth-order valence-electron chi connectivity index (χ4n) is 5.38. The number of para-hydroxylation sites is 1. The van der Waals surface area contributed by atoms with E-state index in [9.17, 15) is 13.2 Å². The van der Waals surface area contributed by atoms with Crippen LogP contribution in [0.4, 0.5) is 18.9 Å². The van der Waals surface area contributed by atoms with Gasteiger partial charge in [-0.2, -0.15) is 13.2 Å². The second-order valence-electron chi connectivity index (χ2n) is 9.50. The highest BCUT2D eigenvalue weighted by molar-refractivity contribution is 9.10. The normalized spacial score (nSPS) is 15.0. The van der Waals surface area contributed by atoms with E-state index in [1.165, 1.54) is 11.1 Å². The maximum absolute atomic E-state index is 14.1. The van der Waals surface area contributed by atoms with E-state index in [4.69, 9.17) is 0 Å². The number of alkyl halides is 4. The Morgan fingerprint density at radius 3 is 2.11 bits per heavy atom. The molecule has 36 heavy (non-hydrogen) atoms. The zero-order valence-corrected chi connectivity index (χ0v) is 21.3. The van der Waals surface area contributed by atoms with Gasteiger partial charge in [0.25, 0.3) is 0 Å². The van der Waals surface area contributed by atoms with Crippen LogP contribution >= 0.6 is 15.9 Å². The fourth-order valence-corrected chi connectivity index (χ4v) is 6.24. The summed E-state index contributed by atoms with van der Waals surface area (Å²) < 4.78 is 41.1. The second-order valence-corrected chi connectivity index (χ2v) is 11.1. The highest BCUT2D eigenvalue weighted by Crippen LogP contribution is 2.49. The molecule has 4 aromatic rings. The van der Waals surface area contributed by atoms with E-state index in [1.54, 1.807) is 0 Å². The smallest absolute Gasteiger partial charge is 0.384 e. The monoisotopic (exact) mass is 549 g/mol. The molecular weight excluding hydrogens is 523 g/mol. The number of nitrogens with one attached hydrogen (secondary N) is 1. The first-order chi connectivity index (χ1) is 17.3. The summed E-state index contributed by atoms with van der Waals surface area (Å²) in [6, 6.07) is 33.6. The molecule has 2 unspecified atom stereocenters. The third-order valence-corrected chi connectivity index (χ3v) is 8.14. The molecule has 5 heteroatoms. The number of fused-ring (bicyclic) bond motifs is 3. The predicted molar refractivity (Wildman–Crippen MR) is 145 cm³/mol. The van der Waals surface area contributed by atoms with Crippen molar-refractivity contribution in [3.05, 3.63) is 125 Å². The van der Waals surface area contributed by atoms with Crippen LogP contribution in [0.2, 0.25) is 0 Å². The molecule has 0 saturated carbocycles. The van der Waals surface area contributed by atoms with Gasteiger partial charge < -0.3 is 5.32 Å². The molecule has 0 amide bonds. The molecule has 0 bridgehead atoms. The van der Waals surface area contributed by atoms with Crippen LogP contribution in [-0.4, -0.2) is 17.0 Å².